The van der Waals surface area contributed by atoms with Gasteiger partial charge in [-0.15, -0.1) is 0 Å². The lowest BCUT2D eigenvalue weighted by molar-refractivity contribution is -0.110. The molecule has 4 rings (SSSR count). The molecule has 2 saturated carbocycles. The molecule has 10 heteroatoms. The standard InChI is InChI=1S/C24H32N4O5S/c1-32-13-4-14-34(30,31)20-11-9-18(10-12-20)23(28-33-19-5-2-3-6-19)24(29)27-22-16-25-21(15-26-22)17-7-8-17/h9-12,15-17,19,30-31H,2-8,13-14H2,1H3,(H,26,27,29). The Kier molecular flexibility index (Phi) is 8.15. The van der Waals surface area contributed by atoms with E-state index in [1.165, 1.54) is 0 Å². The first-order valence-corrected chi connectivity index (χ1v) is 13.4. The van der Waals surface area contributed by atoms with Gasteiger partial charge in [0.25, 0.3) is 5.91 Å². The van der Waals surface area contributed by atoms with Gasteiger partial charge >= 0.3 is 0 Å². The van der Waals surface area contributed by atoms with Gasteiger partial charge < -0.3 is 14.9 Å². The largest absolute Gasteiger partial charge is 0.392 e. The third kappa shape index (κ3) is 6.53. The lowest BCUT2D eigenvalue weighted by Crippen LogP contribution is -2.25. The van der Waals surface area contributed by atoms with Crippen molar-refractivity contribution >= 4 is 28.0 Å². The van der Waals surface area contributed by atoms with Crippen molar-refractivity contribution in [1.29, 1.82) is 0 Å². The Bertz CT molecular complexity index is 987. The molecule has 2 aliphatic carbocycles. The fourth-order valence-corrected chi connectivity index (χ4v) is 5.20. The topological polar surface area (TPSA) is 126 Å². The van der Waals surface area contributed by atoms with Crippen molar-refractivity contribution in [2.45, 2.75) is 61.9 Å². The maximum Gasteiger partial charge on any atom is 0.279 e. The van der Waals surface area contributed by atoms with Gasteiger partial charge in [0.2, 0.25) is 0 Å². The van der Waals surface area contributed by atoms with Crippen molar-refractivity contribution in [2.24, 2.45) is 5.16 Å². The van der Waals surface area contributed by atoms with Crippen molar-refractivity contribution in [3.8, 4) is 0 Å². The molecular formula is C24H32N4O5S. The predicted octanol–water partition coefficient (Wildman–Crippen LogP) is 4.80. The summed E-state index contributed by atoms with van der Waals surface area (Å²) in [5.41, 5.74) is 1.55. The summed E-state index contributed by atoms with van der Waals surface area (Å²) in [5.74, 6) is 0.564. The zero-order valence-electron chi connectivity index (χ0n) is 19.4. The van der Waals surface area contributed by atoms with E-state index in [1.54, 1.807) is 43.8 Å². The molecule has 2 aliphatic rings. The Balaban J connectivity index is 1.50. The zero-order valence-corrected chi connectivity index (χ0v) is 20.2. The highest BCUT2D eigenvalue weighted by Crippen LogP contribution is 2.48. The van der Waals surface area contributed by atoms with Crippen LogP contribution in [0.2, 0.25) is 0 Å². The van der Waals surface area contributed by atoms with E-state index in [1.807, 2.05) is 0 Å². The van der Waals surface area contributed by atoms with E-state index in [2.05, 4.69) is 20.4 Å². The average molecular weight is 489 g/mol. The monoisotopic (exact) mass is 488 g/mol. The number of nitrogens with zero attached hydrogens (tertiary/aromatic N) is 3. The van der Waals surface area contributed by atoms with Crippen molar-refractivity contribution in [3.05, 3.63) is 47.9 Å². The molecule has 0 radical (unpaired) electrons. The lowest BCUT2D eigenvalue weighted by atomic mass is 10.1. The normalized spacial score (nSPS) is 17.6. The van der Waals surface area contributed by atoms with Gasteiger partial charge in [0.05, 0.1) is 23.0 Å². The number of amides is 1. The van der Waals surface area contributed by atoms with Crippen LogP contribution in [0.3, 0.4) is 0 Å². The number of hydrogen-bond acceptors (Lipinski definition) is 8. The first kappa shape index (κ1) is 24.6. The van der Waals surface area contributed by atoms with Crippen LogP contribution in [0.4, 0.5) is 5.82 Å². The number of hydrogen-bond donors (Lipinski definition) is 3. The molecule has 0 unspecified atom stereocenters. The minimum absolute atomic E-state index is 0.00699. The van der Waals surface area contributed by atoms with E-state index < -0.39 is 16.5 Å². The molecule has 184 valence electrons. The summed E-state index contributed by atoms with van der Waals surface area (Å²) in [6.45, 7) is 0.452. The lowest BCUT2D eigenvalue weighted by Gasteiger charge is -2.32. The van der Waals surface area contributed by atoms with Crippen LogP contribution in [0.25, 0.3) is 0 Å². The molecule has 1 amide bonds. The Morgan fingerprint density at radius 1 is 1.12 bits per heavy atom. The Morgan fingerprint density at radius 3 is 2.47 bits per heavy atom. The molecule has 1 aromatic heterocycles. The third-order valence-electron chi connectivity index (χ3n) is 6.00. The van der Waals surface area contributed by atoms with Crippen molar-refractivity contribution < 1.29 is 23.5 Å². The van der Waals surface area contributed by atoms with Crippen LogP contribution in [0, 0.1) is 0 Å². The molecule has 34 heavy (non-hydrogen) atoms. The molecule has 0 aliphatic heterocycles. The van der Waals surface area contributed by atoms with E-state index in [-0.39, 0.29) is 17.6 Å². The summed E-state index contributed by atoms with van der Waals surface area (Å²) < 4.78 is 26.0. The molecule has 3 N–H and O–H groups in total. The summed E-state index contributed by atoms with van der Waals surface area (Å²) in [7, 11) is -1.37. The molecule has 0 atom stereocenters. The van der Waals surface area contributed by atoms with Crippen LogP contribution < -0.4 is 5.32 Å². The molecule has 0 bridgehead atoms. The third-order valence-corrected chi connectivity index (χ3v) is 7.89. The first-order valence-electron chi connectivity index (χ1n) is 11.7. The smallest absolute Gasteiger partial charge is 0.279 e. The van der Waals surface area contributed by atoms with Gasteiger partial charge in [0.15, 0.2) is 11.5 Å². The van der Waals surface area contributed by atoms with E-state index in [0.717, 1.165) is 44.2 Å². The van der Waals surface area contributed by atoms with Crippen LogP contribution in [0.15, 0.2) is 46.7 Å². The fourth-order valence-electron chi connectivity index (χ4n) is 3.87. The number of nitrogens with one attached hydrogen (secondary N) is 1. The first-order chi connectivity index (χ1) is 16.5. The van der Waals surface area contributed by atoms with E-state index >= 15 is 0 Å². The maximum absolute atomic E-state index is 13.1. The minimum atomic E-state index is -2.95. The number of benzene rings is 1. The van der Waals surface area contributed by atoms with Gasteiger partial charge in [-0.05, 0) is 57.1 Å². The minimum Gasteiger partial charge on any atom is -0.392 e. The second kappa shape index (κ2) is 11.3. The molecule has 9 nitrogen and oxygen atoms in total. The quantitative estimate of drug-likeness (QED) is 0.235. The van der Waals surface area contributed by atoms with Crippen molar-refractivity contribution in [3.63, 3.8) is 0 Å². The second-order valence-electron chi connectivity index (χ2n) is 8.75. The number of rotatable bonds is 11. The fraction of sp³-hybridized carbons (Fsp3) is 0.500. The summed E-state index contributed by atoms with van der Waals surface area (Å²) in [5, 5.41) is 6.95. The molecule has 1 heterocycles. The second-order valence-corrected chi connectivity index (χ2v) is 11.0. The summed E-state index contributed by atoms with van der Waals surface area (Å²) in [6.07, 6.45) is 10.0. The van der Waals surface area contributed by atoms with Gasteiger partial charge in [0.1, 0.15) is 6.10 Å². The van der Waals surface area contributed by atoms with E-state index in [4.69, 9.17) is 9.57 Å². The van der Waals surface area contributed by atoms with Crippen LogP contribution in [0.5, 0.6) is 0 Å². The van der Waals surface area contributed by atoms with Gasteiger partial charge in [-0.2, -0.15) is 10.6 Å². The number of carbonyl (C=O) groups is 1. The van der Waals surface area contributed by atoms with E-state index in [0.29, 0.717) is 35.2 Å². The van der Waals surface area contributed by atoms with Crippen LogP contribution >= 0.6 is 10.6 Å². The van der Waals surface area contributed by atoms with Crippen molar-refractivity contribution in [2.75, 3.05) is 24.8 Å². The number of carbonyl (C=O) groups excluding carboxylic acids is 1. The Labute approximate surface area is 201 Å². The number of oxime groups is 1. The summed E-state index contributed by atoms with van der Waals surface area (Å²) in [4.78, 5) is 27.9. The van der Waals surface area contributed by atoms with Crippen LogP contribution in [-0.4, -0.2) is 56.3 Å². The summed E-state index contributed by atoms with van der Waals surface area (Å²) in [6, 6.07) is 6.52. The number of aromatic nitrogens is 2. The molecule has 1 aromatic carbocycles. The van der Waals surface area contributed by atoms with Crippen LogP contribution in [0.1, 0.15) is 62.1 Å². The Morgan fingerprint density at radius 2 is 1.85 bits per heavy atom. The number of ether oxygens (including phenoxy) is 1. The highest BCUT2D eigenvalue weighted by molar-refractivity contribution is 8.24. The summed E-state index contributed by atoms with van der Waals surface area (Å²) >= 11 is 0. The molecule has 2 aromatic rings. The zero-order chi connectivity index (χ0) is 24.0. The van der Waals surface area contributed by atoms with E-state index in [9.17, 15) is 13.9 Å². The molecule has 0 spiro atoms. The number of anilines is 1. The SMILES string of the molecule is COCCCS(O)(O)c1ccc(C(=NOC2CCCC2)C(=O)Nc2cnc(C3CC3)cn2)cc1. The number of methoxy groups -OCH3 is 1. The average Bonchev–Trinajstić information content (AvgIpc) is 3.55. The van der Waals surface area contributed by atoms with Gasteiger partial charge in [0, 0.05) is 31.0 Å². The maximum atomic E-state index is 13.1. The van der Waals surface area contributed by atoms with Crippen LogP contribution in [-0.2, 0) is 14.4 Å². The predicted molar refractivity (Wildman–Crippen MR) is 131 cm³/mol. The highest BCUT2D eigenvalue weighted by atomic mass is 32.3. The molecule has 0 saturated heterocycles. The van der Waals surface area contributed by atoms with Gasteiger partial charge in [-0.1, -0.05) is 17.3 Å². The molecule has 2 fully saturated rings. The van der Waals surface area contributed by atoms with Crippen molar-refractivity contribution in [1.82, 2.24) is 9.97 Å². The Hall–Kier alpha value is -2.53. The molecular weight excluding hydrogens is 456 g/mol. The highest BCUT2D eigenvalue weighted by Gasteiger charge is 2.26. The van der Waals surface area contributed by atoms with Gasteiger partial charge in [-0.25, -0.2) is 4.98 Å². The van der Waals surface area contributed by atoms with Gasteiger partial charge in [-0.3, -0.25) is 18.9 Å².